The predicted molar refractivity (Wildman–Crippen MR) is 58.6 cm³/mol. The molecule has 0 aliphatic rings. The molecule has 16 heavy (non-hydrogen) atoms. The third kappa shape index (κ3) is 2.98. The number of nitrogens with zero attached hydrogens (tertiary/aromatic N) is 4. The number of halogens is 1. The van der Waals surface area contributed by atoms with E-state index in [4.69, 9.17) is 22.9 Å². The summed E-state index contributed by atoms with van der Waals surface area (Å²) in [6.07, 6.45) is -1.22. The summed E-state index contributed by atoms with van der Waals surface area (Å²) in [5.74, 6) is 0.0666. The van der Waals surface area contributed by atoms with Crippen molar-refractivity contribution in [1.29, 1.82) is 0 Å². The number of azide groups is 1. The van der Waals surface area contributed by atoms with Gasteiger partial charge in [0.1, 0.15) is 11.9 Å². The quantitative estimate of drug-likeness (QED) is 0.414. The van der Waals surface area contributed by atoms with Gasteiger partial charge >= 0.3 is 0 Å². The van der Waals surface area contributed by atoms with Crippen molar-refractivity contribution >= 4 is 17.4 Å². The van der Waals surface area contributed by atoms with Gasteiger partial charge in [-0.3, -0.25) is 0 Å². The molecule has 0 saturated heterocycles. The number of aliphatic hydroxyl groups excluding tert-OH is 2. The van der Waals surface area contributed by atoms with Crippen LogP contribution < -0.4 is 5.73 Å². The maximum Gasteiger partial charge on any atom is 0.129 e. The predicted octanol–water partition coefficient (Wildman–Crippen LogP) is 1.02. The van der Waals surface area contributed by atoms with Crippen LogP contribution in [0.15, 0.2) is 17.4 Å². The summed E-state index contributed by atoms with van der Waals surface area (Å²) in [6, 6.07) is 1.40. The highest BCUT2D eigenvalue weighted by molar-refractivity contribution is 6.30. The smallest absolute Gasteiger partial charge is 0.129 e. The fourth-order valence-corrected chi connectivity index (χ4v) is 1.30. The number of hydrogen-bond donors (Lipinski definition) is 3. The minimum absolute atomic E-state index is 0.0666. The van der Waals surface area contributed by atoms with Gasteiger partial charge in [-0.2, -0.15) is 0 Å². The van der Waals surface area contributed by atoms with Crippen LogP contribution in [0.1, 0.15) is 11.7 Å². The van der Waals surface area contributed by atoms with Gasteiger partial charge in [0.15, 0.2) is 0 Å². The first-order valence-electron chi connectivity index (χ1n) is 4.34. The van der Waals surface area contributed by atoms with Crippen LogP contribution in [0.2, 0.25) is 5.02 Å². The van der Waals surface area contributed by atoms with E-state index in [0.717, 1.165) is 0 Å². The van der Waals surface area contributed by atoms with E-state index < -0.39 is 12.2 Å². The van der Waals surface area contributed by atoms with Crippen molar-refractivity contribution in [3.05, 3.63) is 33.3 Å². The molecule has 86 valence electrons. The van der Waals surface area contributed by atoms with Crippen molar-refractivity contribution < 1.29 is 10.2 Å². The number of pyridine rings is 1. The summed E-state index contributed by atoms with van der Waals surface area (Å²) in [5, 5.41) is 22.6. The number of nitrogen functional groups attached to an aromatic ring is 1. The molecule has 7 nitrogen and oxygen atoms in total. The maximum atomic E-state index is 9.71. The lowest BCUT2D eigenvalue weighted by Crippen LogP contribution is -2.22. The van der Waals surface area contributed by atoms with E-state index in [-0.39, 0.29) is 17.9 Å². The molecule has 0 fully saturated rings. The largest absolute Gasteiger partial charge is 0.390 e. The van der Waals surface area contributed by atoms with E-state index in [1.54, 1.807) is 0 Å². The van der Waals surface area contributed by atoms with Crippen molar-refractivity contribution in [2.45, 2.75) is 12.2 Å². The monoisotopic (exact) mass is 243 g/mol. The van der Waals surface area contributed by atoms with Gasteiger partial charge in [-0.25, -0.2) is 4.98 Å². The van der Waals surface area contributed by atoms with E-state index in [9.17, 15) is 10.2 Å². The van der Waals surface area contributed by atoms with E-state index in [2.05, 4.69) is 15.0 Å². The molecular weight excluding hydrogens is 234 g/mol. The van der Waals surface area contributed by atoms with Gasteiger partial charge in [-0.1, -0.05) is 16.7 Å². The van der Waals surface area contributed by atoms with Gasteiger partial charge in [0, 0.05) is 16.7 Å². The molecule has 8 heteroatoms. The molecule has 2 atom stereocenters. The summed E-state index contributed by atoms with van der Waals surface area (Å²) < 4.78 is 0. The van der Waals surface area contributed by atoms with Gasteiger partial charge in [0.2, 0.25) is 0 Å². The first-order chi connectivity index (χ1) is 7.56. The fourth-order valence-electron chi connectivity index (χ4n) is 1.13. The normalized spacial score (nSPS) is 13.9. The molecular formula is C8H10ClN5O2. The van der Waals surface area contributed by atoms with E-state index in [0.29, 0.717) is 5.02 Å². The van der Waals surface area contributed by atoms with Crippen molar-refractivity contribution in [3.8, 4) is 0 Å². The zero-order chi connectivity index (χ0) is 12.1. The molecule has 0 radical (unpaired) electrons. The van der Waals surface area contributed by atoms with Gasteiger partial charge in [0.05, 0.1) is 17.7 Å². The number of nitrogens with two attached hydrogens (primary N) is 1. The standard InChI is InChI=1S/C8H10ClN5O2/c9-4-1-5(8(10)12-2-4)7(16)6(15)3-13-14-11/h1-2,6-7,15-16H,3H2,(H2,10,12). The summed E-state index contributed by atoms with van der Waals surface area (Å²) in [4.78, 5) is 6.21. The van der Waals surface area contributed by atoms with E-state index in [1.807, 2.05) is 0 Å². The van der Waals surface area contributed by atoms with Crippen LogP contribution in [0.5, 0.6) is 0 Å². The Bertz CT molecular complexity index is 421. The SMILES string of the molecule is [N-]=[N+]=NCC(O)C(O)c1cc(Cl)cnc1N. The van der Waals surface area contributed by atoms with Crippen LogP contribution in [-0.4, -0.2) is 27.8 Å². The van der Waals surface area contributed by atoms with Gasteiger partial charge in [0.25, 0.3) is 0 Å². The van der Waals surface area contributed by atoms with E-state index in [1.165, 1.54) is 12.3 Å². The van der Waals surface area contributed by atoms with Crippen molar-refractivity contribution in [1.82, 2.24) is 4.98 Å². The van der Waals surface area contributed by atoms with Gasteiger partial charge in [-0.05, 0) is 11.6 Å². The zero-order valence-electron chi connectivity index (χ0n) is 8.16. The summed E-state index contributed by atoms with van der Waals surface area (Å²) >= 11 is 5.68. The Morgan fingerprint density at radius 2 is 2.31 bits per heavy atom. The molecule has 1 heterocycles. The average molecular weight is 244 g/mol. The van der Waals surface area contributed by atoms with Crippen LogP contribution in [0, 0.1) is 0 Å². The van der Waals surface area contributed by atoms with Crippen LogP contribution >= 0.6 is 11.6 Å². The minimum atomic E-state index is -1.29. The molecule has 4 N–H and O–H groups in total. The molecule has 2 unspecified atom stereocenters. The third-order valence-corrected chi connectivity index (χ3v) is 2.14. The van der Waals surface area contributed by atoms with Crippen LogP contribution in [-0.2, 0) is 0 Å². The Labute approximate surface area is 96.1 Å². The van der Waals surface area contributed by atoms with Crippen LogP contribution in [0.25, 0.3) is 10.4 Å². The lowest BCUT2D eigenvalue weighted by Gasteiger charge is -2.17. The molecule has 0 saturated carbocycles. The van der Waals surface area contributed by atoms with Gasteiger partial charge in [-0.15, -0.1) is 0 Å². The lowest BCUT2D eigenvalue weighted by molar-refractivity contribution is 0.0247. The second-order valence-corrected chi connectivity index (χ2v) is 3.49. The van der Waals surface area contributed by atoms with Crippen LogP contribution in [0.3, 0.4) is 0 Å². The molecule has 0 amide bonds. The van der Waals surface area contributed by atoms with Gasteiger partial charge < -0.3 is 15.9 Å². The Balaban J connectivity index is 2.90. The zero-order valence-corrected chi connectivity index (χ0v) is 8.91. The molecule has 1 aromatic rings. The second kappa shape index (κ2) is 5.53. The highest BCUT2D eigenvalue weighted by Gasteiger charge is 2.20. The van der Waals surface area contributed by atoms with Crippen molar-refractivity contribution in [3.63, 3.8) is 0 Å². The maximum absolute atomic E-state index is 9.71. The van der Waals surface area contributed by atoms with Crippen LogP contribution in [0.4, 0.5) is 5.82 Å². The second-order valence-electron chi connectivity index (χ2n) is 3.05. The minimum Gasteiger partial charge on any atom is -0.390 e. The third-order valence-electron chi connectivity index (χ3n) is 1.93. The number of aromatic nitrogens is 1. The first-order valence-corrected chi connectivity index (χ1v) is 4.72. The topological polar surface area (TPSA) is 128 Å². The Kier molecular flexibility index (Phi) is 4.33. The lowest BCUT2D eigenvalue weighted by atomic mass is 10.1. The molecule has 0 aliphatic heterocycles. The Morgan fingerprint density at radius 1 is 1.62 bits per heavy atom. The number of aliphatic hydroxyl groups is 2. The number of hydrogen-bond acceptors (Lipinski definition) is 5. The van der Waals surface area contributed by atoms with E-state index >= 15 is 0 Å². The molecule has 0 aromatic carbocycles. The Morgan fingerprint density at radius 3 is 2.94 bits per heavy atom. The summed E-state index contributed by atoms with van der Waals surface area (Å²) in [5.41, 5.74) is 13.8. The van der Waals surface area contributed by atoms with Crippen molar-refractivity contribution in [2.24, 2.45) is 5.11 Å². The average Bonchev–Trinajstić information content (AvgIpc) is 2.28. The first kappa shape index (κ1) is 12.5. The molecule has 0 bridgehead atoms. The molecule has 1 rings (SSSR count). The highest BCUT2D eigenvalue weighted by atomic mass is 35.5. The number of rotatable bonds is 4. The fraction of sp³-hybridized carbons (Fsp3) is 0.375. The Hall–Kier alpha value is -1.53. The summed E-state index contributed by atoms with van der Waals surface area (Å²) in [7, 11) is 0. The molecule has 1 aromatic heterocycles. The molecule has 0 aliphatic carbocycles. The highest BCUT2D eigenvalue weighted by Crippen LogP contribution is 2.24. The van der Waals surface area contributed by atoms with Crippen molar-refractivity contribution in [2.75, 3.05) is 12.3 Å². The summed E-state index contributed by atoms with van der Waals surface area (Å²) in [6.45, 7) is -0.260. The molecule has 0 spiro atoms. The number of anilines is 1.